The predicted octanol–water partition coefficient (Wildman–Crippen LogP) is 4.21. The highest BCUT2D eigenvalue weighted by atomic mass is 32.2. The summed E-state index contributed by atoms with van der Waals surface area (Å²) in [4.78, 5) is 13.1. The molecule has 0 aromatic heterocycles. The zero-order valence-electron chi connectivity index (χ0n) is 12.0. The van der Waals surface area contributed by atoms with Crippen molar-refractivity contribution in [3.63, 3.8) is 0 Å². The van der Waals surface area contributed by atoms with Crippen LogP contribution in [0.4, 0.5) is 5.69 Å². The summed E-state index contributed by atoms with van der Waals surface area (Å²) >= 11 is 1.52. The van der Waals surface area contributed by atoms with Gasteiger partial charge in [0.05, 0.1) is 18.0 Å². The fourth-order valence-electron chi connectivity index (χ4n) is 1.76. The SMILES string of the molecule is CCCOc1ccccc1NC(=O)CSc1ccccc1. The third-order valence-corrected chi connectivity index (χ3v) is 3.75. The van der Waals surface area contributed by atoms with Gasteiger partial charge >= 0.3 is 0 Å². The number of rotatable bonds is 7. The van der Waals surface area contributed by atoms with E-state index in [-0.39, 0.29) is 5.91 Å². The molecule has 0 aliphatic heterocycles. The van der Waals surface area contributed by atoms with E-state index in [2.05, 4.69) is 12.2 Å². The summed E-state index contributed by atoms with van der Waals surface area (Å²) in [5.41, 5.74) is 0.726. The second-order valence-electron chi connectivity index (χ2n) is 4.49. The fraction of sp³-hybridized carbons (Fsp3) is 0.235. The minimum Gasteiger partial charge on any atom is -0.491 e. The van der Waals surface area contributed by atoms with Crippen molar-refractivity contribution >= 4 is 23.4 Å². The average Bonchev–Trinajstić information content (AvgIpc) is 2.53. The van der Waals surface area contributed by atoms with Crippen molar-refractivity contribution < 1.29 is 9.53 Å². The van der Waals surface area contributed by atoms with E-state index < -0.39 is 0 Å². The molecule has 0 radical (unpaired) electrons. The van der Waals surface area contributed by atoms with Crippen LogP contribution in [0.3, 0.4) is 0 Å². The Labute approximate surface area is 129 Å². The Morgan fingerprint density at radius 2 is 1.81 bits per heavy atom. The van der Waals surface area contributed by atoms with Crippen LogP contribution in [0.15, 0.2) is 59.5 Å². The molecule has 1 amide bonds. The first kappa shape index (κ1) is 15.4. The predicted molar refractivity (Wildman–Crippen MR) is 88.0 cm³/mol. The van der Waals surface area contributed by atoms with Crippen LogP contribution < -0.4 is 10.1 Å². The Morgan fingerprint density at radius 3 is 2.57 bits per heavy atom. The molecule has 0 heterocycles. The maximum atomic E-state index is 12.0. The van der Waals surface area contributed by atoms with Crippen LogP contribution in [0.2, 0.25) is 0 Å². The van der Waals surface area contributed by atoms with E-state index in [1.54, 1.807) is 0 Å². The van der Waals surface area contributed by atoms with Gasteiger partial charge in [-0.05, 0) is 30.7 Å². The maximum Gasteiger partial charge on any atom is 0.234 e. The van der Waals surface area contributed by atoms with Crippen LogP contribution in [0.1, 0.15) is 13.3 Å². The average molecular weight is 301 g/mol. The number of nitrogens with one attached hydrogen (secondary N) is 1. The molecule has 0 fully saturated rings. The molecule has 2 rings (SSSR count). The van der Waals surface area contributed by atoms with Gasteiger partial charge in [0.25, 0.3) is 0 Å². The van der Waals surface area contributed by atoms with Crippen LogP contribution in [0, 0.1) is 0 Å². The first-order valence-corrected chi connectivity index (χ1v) is 7.97. The van der Waals surface area contributed by atoms with E-state index in [4.69, 9.17) is 4.74 Å². The zero-order valence-corrected chi connectivity index (χ0v) is 12.9. The molecule has 1 N–H and O–H groups in total. The number of carbonyl (C=O) groups is 1. The zero-order chi connectivity index (χ0) is 14.9. The number of hydrogen-bond acceptors (Lipinski definition) is 3. The minimum absolute atomic E-state index is 0.0311. The van der Waals surface area contributed by atoms with Crippen molar-refractivity contribution in [2.45, 2.75) is 18.2 Å². The lowest BCUT2D eigenvalue weighted by atomic mass is 10.3. The van der Waals surface area contributed by atoms with Crippen molar-refractivity contribution in [1.82, 2.24) is 0 Å². The normalized spacial score (nSPS) is 10.1. The van der Waals surface area contributed by atoms with Crippen molar-refractivity contribution in [2.24, 2.45) is 0 Å². The van der Waals surface area contributed by atoms with E-state index in [9.17, 15) is 4.79 Å². The van der Waals surface area contributed by atoms with E-state index >= 15 is 0 Å². The molecule has 0 saturated carbocycles. The minimum atomic E-state index is -0.0311. The summed E-state index contributed by atoms with van der Waals surface area (Å²) in [5, 5.41) is 2.90. The van der Waals surface area contributed by atoms with Crippen LogP contribution in [-0.2, 0) is 4.79 Å². The number of thioether (sulfide) groups is 1. The van der Waals surface area contributed by atoms with E-state index in [0.29, 0.717) is 12.4 Å². The van der Waals surface area contributed by atoms with Crippen molar-refractivity contribution in [3.8, 4) is 5.75 Å². The molecule has 2 aromatic rings. The number of anilines is 1. The van der Waals surface area contributed by atoms with Gasteiger partial charge < -0.3 is 10.1 Å². The van der Waals surface area contributed by atoms with Crippen molar-refractivity contribution in [2.75, 3.05) is 17.7 Å². The van der Waals surface area contributed by atoms with Gasteiger partial charge in [-0.15, -0.1) is 11.8 Å². The largest absolute Gasteiger partial charge is 0.491 e. The van der Waals surface area contributed by atoms with Gasteiger partial charge in [-0.2, -0.15) is 0 Å². The van der Waals surface area contributed by atoms with Crippen molar-refractivity contribution in [1.29, 1.82) is 0 Å². The quantitative estimate of drug-likeness (QED) is 0.779. The molecule has 0 aliphatic carbocycles. The molecule has 21 heavy (non-hydrogen) atoms. The van der Waals surface area contributed by atoms with Gasteiger partial charge in [0, 0.05) is 4.90 Å². The van der Waals surface area contributed by atoms with E-state index in [0.717, 1.165) is 22.8 Å². The summed E-state index contributed by atoms with van der Waals surface area (Å²) in [7, 11) is 0. The molecular weight excluding hydrogens is 282 g/mol. The van der Waals surface area contributed by atoms with Gasteiger partial charge in [0.1, 0.15) is 5.75 Å². The molecule has 0 saturated heterocycles. The van der Waals surface area contributed by atoms with Crippen LogP contribution >= 0.6 is 11.8 Å². The van der Waals surface area contributed by atoms with Crippen LogP contribution in [0.5, 0.6) is 5.75 Å². The second-order valence-corrected chi connectivity index (χ2v) is 5.54. The first-order chi connectivity index (χ1) is 10.3. The number of amides is 1. The Kier molecular flexibility index (Phi) is 6.16. The Hall–Kier alpha value is -1.94. The summed E-state index contributed by atoms with van der Waals surface area (Å²) in [6.45, 7) is 2.70. The number of para-hydroxylation sites is 2. The van der Waals surface area contributed by atoms with Gasteiger partial charge in [-0.3, -0.25) is 4.79 Å². The summed E-state index contributed by atoms with van der Waals surface area (Å²) in [6, 6.07) is 17.4. The topological polar surface area (TPSA) is 38.3 Å². The maximum absolute atomic E-state index is 12.0. The van der Waals surface area contributed by atoms with Gasteiger partial charge in [-0.25, -0.2) is 0 Å². The first-order valence-electron chi connectivity index (χ1n) is 6.99. The highest BCUT2D eigenvalue weighted by molar-refractivity contribution is 8.00. The molecular formula is C17H19NO2S. The number of hydrogen-bond donors (Lipinski definition) is 1. The highest BCUT2D eigenvalue weighted by Crippen LogP contribution is 2.24. The second kappa shape index (κ2) is 8.37. The van der Waals surface area contributed by atoms with Gasteiger partial charge in [0.2, 0.25) is 5.91 Å². The van der Waals surface area contributed by atoms with Crippen LogP contribution in [-0.4, -0.2) is 18.3 Å². The molecule has 0 aliphatic rings. The lowest BCUT2D eigenvalue weighted by Gasteiger charge is -2.11. The molecule has 4 heteroatoms. The van der Waals surface area contributed by atoms with E-state index in [1.807, 2.05) is 54.6 Å². The van der Waals surface area contributed by atoms with Crippen molar-refractivity contribution in [3.05, 3.63) is 54.6 Å². The lowest BCUT2D eigenvalue weighted by molar-refractivity contribution is -0.113. The molecule has 0 unspecified atom stereocenters. The van der Waals surface area contributed by atoms with Gasteiger partial charge in [-0.1, -0.05) is 37.3 Å². The number of ether oxygens (including phenoxy) is 1. The molecule has 0 bridgehead atoms. The highest BCUT2D eigenvalue weighted by Gasteiger charge is 2.07. The Morgan fingerprint density at radius 1 is 1.10 bits per heavy atom. The monoisotopic (exact) mass is 301 g/mol. The molecule has 2 aromatic carbocycles. The molecule has 3 nitrogen and oxygen atoms in total. The Balaban J connectivity index is 1.90. The third-order valence-electron chi connectivity index (χ3n) is 2.74. The molecule has 0 atom stereocenters. The number of carbonyl (C=O) groups excluding carboxylic acids is 1. The van der Waals surface area contributed by atoms with E-state index in [1.165, 1.54) is 11.8 Å². The fourth-order valence-corrected chi connectivity index (χ4v) is 2.48. The molecule has 0 spiro atoms. The third kappa shape index (κ3) is 5.16. The lowest BCUT2D eigenvalue weighted by Crippen LogP contribution is -2.15. The summed E-state index contributed by atoms with van der Waals surface area (Å²) in [5.74, 6) is 1.07. The van der Waals surface area contributed by atoms with Gasteiger partial charge in [0.15, 0.2) is 0 Å². The number of benzene rings is 2. The summed E-state index contributed by atoms with van der Waals surface area (Å²) in [6.07, 6.45) is 0.937. The summed E-state index contributed by atoms with van der Waals surface area (Å²) < 4.78 is 5.63. The Bertz CT molecular complexity index is 572. The molecule has 110 valence electrons. The van der Waals surface area contributed by atoms with Crippen LogP contribution in [0.25, 0.3) is 0 Å². The standard InChI is InChI=1S/C17H19NO2S/c1-2-12-20-16-11-7-6-10-15(16)18-17(19)13-21-14-8-4-3-5-9-14/h3-11H,2,12-13H2,1H3,(H,18,19). The smallest absolute Gasteiger partial charge is 0.234 e.